The zero-order valence-corrected chi connectivity index (χ0v) is 10.6. The Morgan fingerprint density at radius 1 is 1.31 bits per heavy atom. The van der Waals surface area contributed by atoms with Gasteiger partial charge < -0.3 is 0 Å². The highest BCUT2D eigenvalue weighted by molar-refractivity contribution is 6.36. The van der Waals surface area contributed by atoms with Gasteiger partial charge in [-0.25, -0.2) is 0 Å². The smallest absolute Gasteiger partial charge is 0.0453 e. The lowest BCUT2D eigenvalue weighted by Gasteiger charge is -2.33. The van der Waals surface area contributed by atoms with E-state index in [-0.39, 0.29) is 6.04 Å². The SMILES string of the molecule is NNC(Cc1c(Cl)cccc1Cl)C1CCC1. The highest BCUT2D eigenvalue weighted by Crippen LogP contribution is 2.33. The fourth-order valence-corrected chi connectivity index (χ4v) is 2.70. The fourth-order valence-electron chi connectivity index (χ4n) is 2.15. The van der Waals surface area contributed by atoms with Crippen LogP contribution >= 0.6 is 23.2 Å². The lowest BCUT2D eigenvalue weighted by atomic mass is 9.78. The van der Waals surface area contributed by atoms with E-state index < -0.39 is 0 Å². The van der Waals surface area contributed by atoms with Gasteiger partial charge >= 0.3 is 0 Å². The van der Waals surface area contributed by atoms with Crippen LogP contribution in [0, 0.1) is 5.92 Å². The molecule has 0 amide bonds. The molecule has 1 fully saturated rings. The van der Waals surface area contributed by atoms with Crippen molar-refractivity contribution >= 4 is 23.2 Å². The summed E-state index contributed by atoms with van der Waals surface area (Å²) < 4.78 is 0. The van der Waals surface area contributed by atoms with E-state index in [2.05, 4.69) is 5.43 Å². The summed E-state index contributed by atoms with van der Waals surface area (Å²) in [6.07, 6.45) is 4.60. The molecular weight excluding hydrogens is 243 g/mol. The fraction of sp³-hybridized carbons (Fsp3) is 0.500. The molecule has 2 nitrogen and oxygen atoms in total. The molecule has 4 heteroatoms. The van der Waals surface area contributed by atoms with E-state index >= 15 is 0 Å². The van der Waals surface area contributed by atoms with Crippen molar-refractivity contribution in [2.75, 3.05) is 0 Å². The highest BCUT2D eigenvalue weighted by atomic mass is 35.5. The summed E-state index contributed by atoms with van der Waals surface area (Å²) >= 11 is 12.3. The first-order valence-electron chi connectivity index (χ1n) is 5.61. The van der Waals surface area contributed by atoms with E-state index in [0.717, 1.165) is 22.0 Å². The molecule has 0 aliphatic heterocycles. The van der Waals surface area contributed by atoms with Crippen molar-refractivity contribution in [3.63, 3.8) is 0 Å². The Morgan fingerprint density at radius 3 is 2.38 bits per heavy atom. The van der Waals surface area contributed by atoms with Crippen LogP contribution in [-0.2, 0) is 6.42 Å². The van der Waals surface area contributed by atoms with Crippen LogP contribution in [0.5, 0.6) is 0 Å². The Hall–Kier alpha value is -0.280. The van der Waals surface area contributed by atoms with E-state index in [9.17, 15) is 0 Å². The van der Waals surface area contributed by atoms with E-state index in [0.29, 0.717) is 5.92 Å². The van der Waals surface area contributed by atoms with Gasteiger partial charge in [0.05, 0.1) is 0 Å². The van der Waals surface area contributed by atoms with Crippen LogP contribution < -0.4 is 11.3 Å². The number of hydrazine groups is 1. The van der Waals surface area contributed by atoms with Gasteiger partial charge in [0.25, 0.3) is 0 Å². The molecule has 0 saturated heterocycles. The third kappa shape index (κ3) is 2.51. The van der Waals surface area contributed by atoms with Crippen LogP contribution in [0.1, 0.15) is 24.8 Å². The summed E-state index contributed by atoms with van der Waals surface area (Å²) in [5, 5.41) is 1.46. The summed E-state index contributed by atoms with van der Waals surface area (Å²) in [6, 6.07) is 5.89. The lowest BCUT2D eigenvalue weighted by Crippen LogP contribution is -2.45. The maximum atomic E-state index is 6.14. The first kappa shape index (κ1) is 12.2. The minimum absolute atomic E-state index is 0.283. The van der Waals surface area contributed by atoms with E-state index in [1.54, 1.807) is 0 Å². The van der Waals surface area contributed by atoms with E-state index in [1.807, 2.05) is 18.2 Å². The van der Waals surface area contributed by atoms with Crippen molar-refractivity contribution in [3.8, 4) is 0 Å². The van der Waals surface area contributed by atoms with Crippen molar-refractivity contribution in [1.82, 2.24) is 5.43 Å². The molecule has 3 N–H and O–H groups in total. The van der Waals surface area contributed by atoms with Gasteiger partial charge in [0.1, 0.15) is 0 Å². The predicted molar refractivity (Wildman–Crippen MR) is 68.6 cm³/mol. The Balaban J connectivity index is 2.11. The number of hydrogen-bond donors (Lipinski definition) is 2. The Labute approximate surface area is 106 Å². The van der Waals surface area contributed by atoms with Crippen LogP contribution in [0.2, 0.25) is 10.0 Å². The monoisotopic (exact) mass is 258 g/mol. The lowest BCUT2D eigenvalue weighted by molar-refractivity contribution is 0.228. The van der Waals surface area contributed by atoms with Gasteiger partial charge in [0.15, 0.2) is 0 Å². The summed E-state index contributed by atoms with van der Waals surface area (Å²) in [6.45, 7) is 0. The van der Waals surface area contributed by atoms with Crippen molar-refractivity contribution < 1.29 is 0 Å². The molecule has 88 valence electrons. The molecule has 1 atom stereocenters. The van der Waals surface area contributed by atoms with Crippen LogP contribution in [0.25, 0.3) is 0 Å². The average Bonchev–Trinajstić information content (AvgIpc) is 2.19. The van der Waals surface area contributed by atoms with Gasteiger partial charge in [-0.3, -0.25) is 11.3 Å². The molecule has 0 spiro atoms. The summed E-state index contributed by atoms with van der Waals surface area (Å²) in [7, 11) is 0. The van der Waals surface area contributed by atoms with E-state index in [4.69, 9.17) is 29.0 Å². The molecule has 0 heterocycles. The molecule has 16 heavy (non-hydrogen) atoms. The van der Waals surface area contributed by atoms with Crippen LogP contribution in [-0.4, -0.2) is 6.04 Å². The third-order valence-corrected chi connectivity index (χ3v) is 4.13. The number of halogens is 2. The van der Waals surface area contributed by atoms with Crippen molar-refractivity contribution in [2.24, 2.45) is 11.8 Å². The number of rotatable bonds is 4. The molecule has 1 unspecified atom stereocenters. The largest absolute Gasteiger partial charge is 0.271 e. The second-order valence-corrected chi connectivity index (χ2v) is 5.18. The standard InChI is InChI=1S/C12H16Cl2N2/c13-10-5-2-6-11(14)9(10)7-12(16-15)8-3-1-4-8/h2,5-6,8,12,16H,1,3-4,7,15H2. The van der Waals surface area contributed by atoms with Crippen LogP contribution in [0.3, 0.4) is 0 Å². The molecule has 1 aromatic rings. The normalized spacial score (nSPS) is 18.2. The maximum Gasteiger partial charge on any atom is 0.0453 e. The topological polar surface area (TPSA) is 38.0 Å². The summed E-state index contributed by atoms with van der Waals surface area (Å²) in [5.41, 5.74) is 3.89. The molecule has 1 aromatic carbocycles. The highest BCUT2D eigenvalue weighted by Gasteiger charge is 2.27. The zero-order valence-electron chi connectivity index (χ0n) is 9.05. The van der Waals surface area contributed by atoms with Crippen LogP contribution in [0.15, 0.2) is 18.2 Å². The van der Waals surface area contributed by atoms with Crippen molar-refractivity contribution in [2.45, 2.75) is 31.7 Å². The molecule has 0 bridgehead atoms. The number of nitrogens with two attached hydrogens (primary N) is 1. The van der Waals surface area contributed by atoms with Crippen molar-refractivity contribution in [3.05, 3.63) is 33.8 Å². The molecule has 1 aliphatic rings. The molecular formula is C12H16Cl2N2. The Bertz CT molecular complexity index is 344. The minimum Gasteiger partial charge on any atom is -0.271 e. The number of hydrogen-bond acceptors (Lipinski definition) is 2. The molecule has 0 radical (unpaired) electrons. The Morgan fingerprint density at radius 2 is 1.94 bits per heavy atom. The number of nitrogens with one attached hydrogen (secondary N) is 1. The second-order valence-electron chi connectivity index (χ2n) is 4.37. The minimum atomic E-state index is 0.283. The van der Waals surface area contributed by atoms with Crippen molar-refractivity contribution in [1.29, 1.82) is 0 Å². The molecule has 1 aliphatic carbocycles. The number of benzene rings is 1. The Kier molecular flexibility index (Phi) is 4.09. The van der Waals surface area contributed by atoms with Gasteiger partial charge in [-0.2, -0.15) is 0 Å². The zero-order chi connectivity index (χ0) is 11.5. The van der Waals surface area contributed by atoms with E-state index in [1.165, 1.54) is 19.3 Å². The average molecular weight is 259 g/mol. The van der Waals surface area contributed by atoms with Gasteiger partial charge in [-0.1, -0.05) is 35.7 Å². The first-order valence-corrected chi connectivity index (χ1v) is 6.37. The third-order valence-electron chi connectivity index (χ3n) is 3.42. The van der Waals surface area contributed by atoms with Gasteiger partial charge in [-0.05, 0) is 42.9 Å². The van der Waals surface area contributed by atoms with Gasteiger partial charge in [-0.15, -0.1) is 0 Å². The van der Waals surface area contributed by atoms with Gasteiger partial charge in [0, 0.05) is 16.1 Å². The maximum absolute atomic E-state index is 6.14. The van der Waals surface area contributed by atoms with Crippen LogP contribution in [0.4, 0.5) is 0 Å². The summed E-state index contributed by atoms with van der Waals surface area (Å²) in [4.78, 5) is 0. The molecule has 1 saturated carbocycles. The molecule has 2 rings (SSSR count). The predicted octanol–water partition coefficient (Wildman–Crippen LogP) is 3.17. The first-order chi connectivity index (χ1) is 7.72. The molecule has 0 aromatic heterocycles. The second kappa shape index (κ2) is 5.37. The summed E-state index contributed by atoms with van der Waals surface area (Å²) in [5.74, 6) is 6.26. The quantitative estimate of drug-likeness (QED) is 0.643. The van der Waals surface area contributed by atoms with Gasteiger partial charge in [0.2, 0.25) is 0 Å².